The molecular formula is C21H25FN4O2. The minimum atomic E-state index is -0.215. The predicted molar refractivity (Wildman–Crippen MR) is 104 cm³/mol. The summed E-state index contributed by atoms with van der Waals surface area (Å²) in [7, 11) is 1.65. The maximum Gasteiger partial charge on any atom is 0.233 e. The third-order valence-electron chi connectivity index (χ3n) is 6.06. The average Bonchev–Trinajstić information content (AvgIpc) is 3.37. The van der Waals surface area contributed by atoms with Crippen LogP contribution in [0.1, 0.15) is 12.0 Å². The van der Waals surface area contributed by atoms with Gasteiger partial charge in [0, 0.05) is 26.7 Å². The van der Waals surface area contributed by atoms with Crippen LogP contribution in [0, 0.1) is 29.5 Å². The van der Waals surface area contributed by atoms with E-state index in [0.717, 1.165) is 6.42 Å². The minimum Gasteiger partial charge on any atom is -0.356 e. The average molecular weight is 384 g/mol. The number of carbonyl (C=O) groups is 2. The van der Waals surface area contributed by atoms with Gasteiger partial charge in [0.25, 0.3) is 0 Å². The lowest BCUT2D eigenvalue weighted by Crippen LogP contribution is -2.44. The fraction of sp³-hybridized carbons (Fsp3) is 0.476. The van der Waals surface area contributed by atoms with Gasteiger partial charge in [0.15, 0.2) is 5.96 Å². The molecule has 1 saturated heterocycles. The molecule has 2 amide bonds. The molecule has 0 aromatic heterocycles. The highest BCUT2D eigenvalue weighted by Gasteiger charge is 2.58. The summed E-state index contributed by atoms with van der Waals surface area (Å²) < 4.78 is 13.7. The van der Waals surface area contributed by atoms with Crippen LogP contribution in [0.15, 0.2) is 41.4 Å². The number of nitrogens with zero attached hydrogens (tertiary/aromatic N) is 2. The SMILES string of the molecule is CN=C(NCCc1ccccc1F)NCCN1C(=O)C2C3C=CC(C3)C2C1=O. The number of fused-ring (bicyclic) bond motifs is 5. The first-order chi connectivity index (χ1) is 13.6. The summed E-state index contributed by atoms with van der Waals surface area (Å²) in [6, 6.07) is 6.69. The van der Waals surface area contributed by atoms with Gasteiger partial charge in [0.05, 0.1) is 11.8 Å². The Labute approximate surface area is 163 Å². The van der Waals surface area contributed by atoms with Crippen molar-refractivity contribution < 1.29 is 14.0 Å². The van der Waals surface area contributed by atoms with Crippen molar-refractivity contribution in [2.45, 2.75) is 12.8 Å². The van der Waals surface area contributed by atoms with Crippen LogP contribution in [0.25, 0.3) is 0 Å². The molecule has 4 atom stereocenters. The molecule has 0 spiro atoms. The third kappa shape index (κ3) is 3.30. The summed E-state index contributed by atoms with van der Waals surface area (Å²) in [5.41, 5.74) is 0.647. The Balaban J connectivity index is 1.24. The number of imide groups is 1. The molecule has 0 radical (unpaired) electrons. The first-order valence-electron chi connectivity index (χ1n) is 9.81. The Kier molecular flexibility index (Phi) is 5.15. The second kappa shape index (κ2) is 7.73. The maximum absolute atomic E-state index is 13.7. The fourth-order valence-corrected chi connectivity index (χ4v) is 4.71. The van der Waals surface area contributed by atoms with E-state index in [2.05, 4.69) is 27.8 Å². The van der Waals surface area contributed by atoms with Gasteiger partial charge in [-0.2, -0.15) is 0 Å². The molecule has 4 rings (SSSR count). The Morgan fingerprint density at radius 1 is 1.11 bits per heavy atom. The van der Waals surface area contributed by atoms with Crippen molar-refractivity contribution in [2.24, 2.45) is 28.7 Å². The molecular weight excluding hydrogens is 359 g/mol. The largest absolute Gasteiger partial charge is 0.356 e. The van der Waals surface area contributed by atoms with E-state index in [1.807, 2.05) is 6.07 Å². The molecule has 2 fully saturated rings. The van der Waals surface area contributed by atoms with E-state index in [1.54, 1.807) is 19.2 Å². The van der Waals surface area contributed by atoms with E-state index in [1.165, 1.54) is 11.0 Å². The fourth-order valence-electron chi connectivity index (χ4n) is 4.71. The molecule has 2 aliphatic carbocycles. The zero-order valence-corrected chi connectivity index (χ0v) is 15.9. The van der Waals surface area contributed by atoms with Crippen LogP contribution in [-0.4, -0.2) is 49.4 Å². The molecule has 3 aliphatic rings. The van der Waals surface area contributed by atoms with Crippen molar-refractivity contribution in [2.75, 3.05) is 26.7 Å². The van der Waals surface area contributed by atoms with Crippen molar-refractivity contribution in [3.63, 3.8) is 0 Å². The summed E-state index contributed by atoms with van der Waals surface area (Å²) >= 11 is 0. The Hall–Kier alpha value is -2.70. The predicted octanol–water partition coefficient (Wildman–Crippen LogP) is 1.34. The van der Waals surface area contributed by atoms with E-state index >= 15 is 0 Å². The van der Waals surface area contributed by atoms with Crippen molar-refractivity contribution in [1.82, 2.24) is 15.5 Å². The first-order valence-corrected chi connectivity index (χ1v) is 9.81. The number of hydrogen-bond donors (Lipinski definition) is 2. The topological polar surface area (TPSA) is 73.8 Å². The minimum absolute atomic E-state index is 0.0313. The number of carbonyl (C=O) groups excluding carboxylic acids is 2. The number of guanidine groups is 1. The van der Waals surface area contributed by atoms with Crippen LogP contribution < -0.4 is 10.6 Å². The monoisotopic (exact) mass is 384 g/mol. The second-order valence-electron chi connectivity index (χ2n) is 7.60. The Morgan fingerprint density at radius 2 is 1.75 bits per heavy atom. The molecule has 2 bridgehead atoms. The molecule has 7 heteroatoms. The van der Waals surface area contributed by atoms with E-state index in [0.29, 0.717) is 37.6 Å². The molecule has 6 nitrogen and oxygen atoms in total. The molecule has 2 N–H and O–H groups in total. The summed E-state index contributed by atoms with van der Waals surface area (Å²) in [6.45, 7) is 1.29. The zero-order chi connectivity index (χ0) is 19.7. The number of aliphatic imine (C=N–C) groups is 1. The van der Waals surface area contributed by atoms with Gasteiger partial charge in [-0.05, 0) is 36.3 Å². The van der Waals surface area contributed by atoms with Gasteiger partial charge >= 0.3 is 0 Å². The van der Waals surface area contributed by atoms with Crippen molar-refractivity contribution in [1.29, 1.82) is 0 Å². The molecule has 1 heterocycles. The maximum atomic E-state index is 13.7. The van der Waals surface area contributed by atoms with Gasteiger partial charge in [-0.15, -0.1) is 0 Å². The summed E-state index contributed by atoms with van der Waals surface area (Å²) in [6.07, 6.45) is 5.67. The van der Waals surface area contributed by atoms with E-state index in [9.17, 15) is 14.0 Å². The van der Waals surface area contributed by atoms with Crippen molar-refractivity contribution >= 4 is 17.8 Å². The van der Waals surface area contributed by atoms with E-state index in [-0.39, 0.29) is 41.3 Å². The number of likely N-dealkylation sites (tertiary alicyclic amines) is 1. The highest BCUT2D eigenvalue weighted by Crippen LogP contribution is 2.52. The normalized spacial score (nSPS) is 28.2. The van der Waals surface area contributed by atoms with Crippen molar-refractivity contribution in [3.8, 4) is 0 Å². The van der Waals surface area contributed by atoms with Crippen LogP contribution in [0.5, 0.6) is 0 Å². The number of amides is 2. The Morgan fingerprint density at radius 3 is 2.39 bits per heavy atom. The van der Waals surface area contributed by atoms with Crippen LogP contribution >= 0.6 is 0 Å². The lowest BCUT2D eigenvalue weighted by Gasteiger charge is -2.18. The van der Waals surface area contributed by atoms with Gasteiger partial charge in [0.1, 0.15) is 5.82 Å². The molecule has 1 aromatic carbocycles. The lowest BCUT2D eigenvalue weighted by atomic mass is 9.85. The van der Waals surface area contributed by atoms with Gasteiger partial charge < -0.3 is 10.6 Å². The smallest absolute Gasteiger partial charge is 0.233 e. The van der Waals surface area contributed by atoms with Crippen LogP contribution in [0.3, 0.4) is 0 Å². The molecule has 1 saturated carbocycles. The van der Waals surface area contributed by atoms with Gasteiger partial charge in [-0.25, -0.2) is 4.39 Å². The second-order valence-corrected chi connectivity index (χ2v) is 7.60. The highest BCUT2D eigenvalue weighted by atomic mass is 19.1. The zero-order valence-electron chi connectivity index (χ0n) is 15.9. The van der Waals surface area contributed by atoms with Crippen molar-refractivity contribution in [3.05, 3.63) is 47.8 Å². The summed E-state index contributed by atoms with van der Waals surface area (Å²) in [5.74, 6) is 0.452. The number of halogens is 1. The van der Waals surface area contributed by atoms with Crippen LogP contribution in [0.4, 0.5) is 4.39 Å². The summed E-state index contributed by atoms with van der Waals surface area (Å²) in [5, 5.41) is 6.26. The molecule has 1 aromatic rings. The highest BCUT2D eigenvalue weighted by molar-refractivity contribution is 6.06. The molecule has 28 heavy (non-hydrogen) atoms. The number of nitrogens with one attached hydrogen (secondary N) is 2. The van der Waals surface area contributed by atoms with E-state index < -0.39 is 0 Å². The number of rotatable bonds is 6. The van der Waals surface area contributed by atoms with Gasteiger partial charge in [0.2, 0.25) is 11.8 Å². The number of allylic oxidation sites excluding steroid dienone is 2. The standard InChI is InChI=1S/C21H25FN4O2/c1-23-21(24-9-8-13-4-2-3-5-16(13)22)25-10-11-26-19(27)17-14-6-7-15(12-14)18(17)20(26)28/h2-7,14-15,17-18H,8-12H2,1H3,(H2,23,24,25). The van der Waals surface area contributed by atoms with E-state index in [4.69, 9.17) is 0 Å². The lowest BCUT2D eigenvalue weighted by molar-refractivity contribution is -0.140. The third-order valence-corrected chi connectivity index (χ3v) is 6.06. The number of benzene rings is 1. The first kappa shape index (κ1) is 18.7. The van der Waals surface area contributed by atoms with Crippen LogP contribution in [0.2, 0.25) is 0 Å². The van der Waals surface area contributed by atoms with Gasteiger partial charge in [-0.1, -0.05) is 30.4 Å². The quantitative estimate of drug-likeness (QED) is 0.336. The Bertz CT molecular complexity index is 807. The number of hydrogen-bond acceptors (Lipinski definition) is 3. The molecule has 4 unspecified atom stereocenters. The molecule has 1 aliphatic heterocycles. The van der Waals surface area contributed by atoms with Gasteiger partial charge in [-0.3, -0.25) is 19.5 Å². The van der Waals surface area contributed by atoms with Crippen LogP contribution in [-0.2, 0) is 16.0 Å². The molecule has 148 valence electrons. The summed E-state index contributed by atoms with van der Waals surface area (Å²) in [4.78, 5) is 30.9.